The molecule has 3 heterocycles. The molecule has 0 aliphatic carbocycles. The molecule has 0 spiro atoms. The van der Waals surface area contributed by atoms with Crippen LogP contribution in [0.5, 0.6) is 0 Å². The number of para-hydroxylation sites is 2. The van der Waals surface area contributed by atoms with Crippen LogP contribution in [0.2, 0.25) is 0 Å². The van der Waals surface area contributed by atoms with Crippen LogP contribution < -0.4 is 4.90 Å². The molecule has 8 aromatic carbocycles. The molecule has 3 aromatic heterocycles. The normalized spacial score (nSPS) is 12.0. The highest BCUT2D eigenvalue weighted by Gasteiger charge is 2.21. The maximum Gasteiger partial charge on any atom is 0.143 e. The van der Waals surface area contributed by atoms with E-state index in [2.05, 4.69) is 157 Å². The van der Waals surface area contributed by atoms with Gasteiger partial charge in [0.1, 0.15) is 22.3 Å². The second kappa shape index (κ2) is 10.6. The van der Waals surface area contributed by atoms with Crippen molar-refractivity contribution in [3.05, 3.63) is 164 Å². The van der Waals surface area contributed by atoms with E-state index in [9.17, 15) is 0 Å². The molecule has 0 fully saturated rings. The average Bonchev–Trinajstić information content (AvgIpc) is 3.87. The summed E-state index contributed by atoms with van der Waals surface area (Å²) >= 11 is 1.84. The minimum Gasteiger partial charge on any atom is -0.456 e. The molecule has 0 aliphatic heterocycles. The Morgan fingerprint density at radius 1 is 0.420 bits per heavy atom. The molecule has 4 heteroatoms. The fourth-order valence-corrected chi connectivity index (χ4v) is 8.89. The Hall–Kier alpha value is -6.36. The number of anilines is 3. The molecule has 50 heavy (non-hydrogen) atoms. The van der Waals surface area contributed by atoms with Crippen molar-refractivity contribution in [1.29, 1.82) is 0 Å². The van der Waals surface area contributed by atoms with E-state index in [0.717, 1.165) is 77.5 Å². The number of thiophene rings is 1. The van der Waals surface area contributed by atoms with Gasteiger partial charge in [0.25, 0.3) is 0 Å². The molecule has 0 aliphatic rings. The Kier molecular flexibility index (Phi) is 5.83. The van der Waals surface area contributed by atoms with Crippen molar-refractivity contribution in [2.75, 3.05) is 4.90 Å². The first-order valence-electron chi connectivity index (χ1n) is 16.8. The summed E-state index contributed by atoms with van der Waals surface area (Å²) < 4.78 is 15.5. The molecule has 3 nitrogen and oxygen atoms in total. The quantitative estimate of drug-likeness (QED) is 0.189. The molecule has 0 saturated carbocycles. The lowest BCUT2D eigenvalue weighted by Gasteiger charge is -2.27. The first-order valence-corrected chi connectivity index (χ1v) is 17.7. The Bertz CT molecular complexity index is 3110. The molecule has 11 aromatic rings. The first kappa shape index (κ1) is 27.6. The lowest BCUT2D eigenvalue weighted by atomic mass is 10.0. The Balaban J connectivity index is 1.11. The van der Waals surface area contributed by atoms with Crippen molar-refractivity contribution in [2.24, 2.45) is 0 Å². The van der Waals surface area contributed by atoms with Crippen LogP contribution in [0.1, 0.15) is 0 Å². The third-order valence-electron chi connectivity index (χ3n) is 10.1. The maximum absolute atomic E-state index is 6.70. The van der Waals surface area contributed by atoms with Crippen molar-refractivity contribution >= 4 is 103 Å². The van der Waals surface area contributed by atoms with Crippen molar-refractivity contribution < 1.29 is 8.83 Å². The zero-order valence-electron chi connectivity index (χ0n) is 26.8. The zero-order chi connectivity index (χ0) is 32.8. The Labute approximate surface area is 290 Å². The second-order valence-electron chi connectivity index (χ2n) is 12.9. The predicted octanol–water partition coefficient (Wildman–Crippen LogP) is 14.1. The third-order valence-corrected chi connectivity index (χ3v) is 11.2. The first-order chi connectivity index (χ1) is 24.8. The number of nitrogens with zero attached hydrogens (tertiary/aromatic N) is 1. The zero-order valence-corrected chi connectivity index (χ0v) is 27.6. The largest absolute Gasteiger partial charge is 0.456 e. The van der Waals surface area contributed by atoms with Gasteiger partial charge in [0, 0.05) is 64.0 Å². The van der Waals surface area contributed by atoms with Crippen molar-refractivity contribution in [3.8, 4) is 11.1 Å². The SMILES string of the molecule is c1ccc2c(c1)ccc1c3cccc(-c4ccc(N(c5ccc6oc7ccccc7c6c5)c5cccc6sc7ccccc7c56)cc4)c3oc21. The summed E-state index contributed by atoms with van der Waals surface area (Å²) in [4.78, 5) is 2.39. The van der Waals surface area contributed by atoms with Crippen LogP contribution in [-0.4, -0.2) is 0 Å². The van der Waals surface area contributed by atoms with Crippen molar-refractivity contribution in [2.45, 2.75) is 0 Å². The summed E-state index contributed by atoms with van der Waals surface area (Å²) in [7, 11) is 0. The number of furan rings is 2. The molecule has 0 atom stereocenters. The van der Waals surface area contributed by atoms with Gasteiger partial charge < -0.3 is 13.7 Å². The second-order valence-corrected chi connectivity index (χ2v) is 13.9. The molecule has 234 valence electrons. The molecule has 0 saturated heterocycles. The van der Waals surface area contributed by atoms with Crippen LogP contribution in [-0.2, 0) is 0 Å². The standard InChI is InChI=1S/C46H27NO2S/c1-2-10-32-28(9-1)21-25-36-35-14-7-13-33(45(35)49-46(32)36)29-19-22-30(23-20-29)47(31-24-26-41-38(27-31)34-11-3-5-16-40(34)48-41)39-15-8-18-43-44(39)37-12-4-6-17-42(37)50-43/h1-27H. The molecule has 11 rings (SSSR count). The monoisotopic (exact) mass is 657 g/mol. The van der Waals surface area contributed by atoms with Gasteiger partial charge in [-0.05, 0) is 71.6 Å². The fraction of sp³-hybridized carbons (Fsp3) is 0. The van der Waals surface area contributed by atoms with Gasteiger partial charge in [-0.3, -0.25) is 0 Å². The highest BCUT2D eigenvalue weighted by Crippen LogP contribution is 2.46. The van der Waals surface area contributed by atoms with Crippen LogP contribution in [0.15, 0.2) is 173 Å². The summed E-state index contributed by atoms with van der Waals surface area (Å²) in [5, 5.41) is 9.33. The Morgan fingerprint density at radius 3 is 2.04 bits per heavy atom. The maximum atomic E-state index is 6.70. The van der Waals surface area contributed by atoms with Gasteiger partial charge in [-0.1, -0.05) is 103 Å². The van der Waals surface area contributed by atoms with Crippen LogP contribution in [0, 0.1) is 0 Å². The van der Waals surface area contributed by atoms with Crippen LogP contribution in [0.3, 0.4) is 0 Å². The van der Waals surface area contributed by atoms with Gasteiger partial charge in [-0.15, -0.1) is 11.3 Å². The molecule has 0 N–H and O–H groups in total. The van der Waals surface area contributed by atoms with Gasteiger partial charge in [-0.2, -0.15) is 0 Å². The average molecular weight is 658 g/mol. The van der Waals surface area contributed by atoms with E-state index in [1.807, 2.05) is 23.5 Å². The molecule has 0 unspecified atom stereocenters. The summed E-state index contributed by atoms with van der Waals surface area (Å²) in [6, 6.07) is 58.3. The Morgan fingerprint density at radius 2 is 1.12 bits per heavy atom. The number of hydrogen-bond acceptors (Lipinski definition) is 4. The third kappa shape index (κ3) is 4.03. The summed E-state index contributed by atoms with van der Waals surface area (Å²) in [6.45, 7) is 0. The van der Waals surface area contributed by atoms with E-state index in [1.165, 1.54) is 25.6 Å². The number of benzene rings is 8. The fourth-order valence-electron chi connectivity index (χ4n) is 7.77. The lowest BCUT2D eigenvalue weighted by Crippen LogP contribution is -2.10. The van der Waals surface area contributed by atoms with Gasteiger partial charge in [0.05, 0.1) is 5.69 Å². The molecular formula is C46H27NO2S. The molecule has 0 amide bonds. The van der Waals surface area contributed by atoms with E-state index < -0.39 is 0 Å². The molecule has 0 bridgehead atoms. The number of fused-ring (bicyclic) bond motifs is 11. The van der Waals surface area contributed by atoms with E-state index in [1.54, 1.807) is 0 Å². The van der Waals surface area contributed by atoms with Crippen molar-refractivity contribution in [3.63, 3.8) is 0 Å². The van der Waals surface area contributed by atoms with Gasteiger partial charge in [0.15, 0.2) is 0 Å². The molecule has 0 radical (unpaired) electrons. The van der Waals surface area contributed by atoms with E-state index in [0.29, 0.717) is 0 Å². The highest BCUT2D eigenvalue weighted by molar-refractivity contribution is 7.26. The van der Waals surface area contributed by atoms with Gasteiger partial charge >= 0.3 is 0 Å². The highest BCUT2D eigenvalue weighted by atomic mass is 32.1. The van der Waals surface area contributed by atoms with E-state index >= 15 is 0 Å². The van der Waals surface area contributed by atoms with Crippen molar-refractivity contribution in [1.82, 2.24) is 0 Å². The van der Waals surface area contributed by atoms with Gasteiger partial charge in [-0.25, -0.2) is 0 Å². The van der Waals surface area contributed by atoms with Crippen LogP contribution in [0.25, 0.3) is 85.9 Å². The minimum atomic E-state index is 0.885. The lowest BCUT2D eigenvalue weighted by molar-refractivity contribution is 0.669. The van der Waals surface area contributed by atoms with E-state index in [4.69, 9.17) is 8.83 Å². The number of rotatable bonds is 4. The molecular weight excluding hydrogens is 631 g/mol. The van der Waals surface area contributed by atoms with E-state index in [-0.39, 0.29) is 0 Å². The van der Waals surface area contributed by atoms with Crippen LogP contribution in [0.4, 0.5) is 17.1 Å². The summed E-state index contributed by atoms with van der Waals surface area (Å²) in [5.41, 5.74) is 9.12. The predicted molar refractivity (Wildman–Crippen MR) is 212 cm³/mol. The smallest absolute Gasteiger partial charge is 0.143 e. The topological polar surface area (TPSA) is 29.5 Å². The van der Waals surface area contributed by atoms with Gasteiger partial charge in [0.2, 0.25) is 0 Å². The summed E-state index contributed by atoms with van der Waals surface area (Å²) in [5.74, 6) is 0. The number of hydrogen-bond donors (Lipinski definition) is 0. The van der Waals surface area contributed by atoms with Crippen LogP contribution >= 0.6 is 11.3 Å². The minimum absolute atomic E-state index is 0.885. The summed E-state index contributed by atoms with van der Waals surface area (Å²) in [6.07, 6.45) is 0.